The lowest BCUT2D eigenvalue weighted by molar-refractivity contribution is -0.116. The lowest BCUT2D eigenvalue weighted by Crippen LogP contribution is -2.26. The minimum atomic E-state index is -0.807. The van der Waals surface area contributed by atoms with E-state index in [0.29, 0.717) is 17.1 Å². The topological polar surface area (TPSA) is 67.8 Å². The molecule has 0 spiro atoms. The molecular weight excluding hydrogens is 294 g/mol. The van der Waals surface area contributed by atoms with E-state index in [1.165, 1.54) is 6.08 Å². The second kappa shape index (κ2) is 6.98. The summed E-state index contributed by atoms with van der Waals surface area (Å²) in [5, 5.41) is 12.8. The van der Waals surface area contributed by atoms with Crippen LogP contribution in [0.15, 0.2) is 54.6 Å². The third kappa shape index (κ3) is 3.90. The van der Waals surface area contributed by atoms with Crippen LogP contribution in [0.1, 0.15) is 17.2 Å². The van der Waals surface area contributed by atoms with Gasteiger partial charge in [-0.2, -0.15) is 0 Å². The summed E-state index contributed by atoms with van der Waals surface area (Å²) in [6.45, 7) is 0.313. The molecule has 0 unspecified atom stereocenters. The van der Waals surface area contributed by atoms with E-state index in [0.717, 1.165) is 5.56 Å². The van der Waals surface area contributed by atoms with Crippen LogP contribution >= 0.6 is 0 Å². The maximum absolute atomic E-state index is 11.8. The van der Waals surface area contributed by atoms with Crippen LogP contribution in [-0.4, -0.2) is 24.4 Å². The van der Waals surface area contributed by atoms with Gasteiger partial charge in [-0.15, -0.1) is 0 Å². The van der Waals surface area contributed by atoms with Crippen molar-refractivity contribution in [2.45, 2.75) is 6.10 Å². The molecule has 3 rings (SSSR count). The highest BCUT2D eigenvalue weighted by molar-refractivity contribution is 5.91. The zero-order valence-corrected chi connectivity index (χ0v) is 12.4. The molecule has 2 N–H and O–H groups in total. The maximum atomic E-state index is 11.8. The zero-order valence-electron chi connectivity index (χ0n) is 12.4. The molecule has 1 atom stereocenters. The van der Waals surface area contributed by atoms with Crippen LogP contribution in [0.25, 0.3) is 6.08 Å². The predicted molar refractivity (Wildman–Crippen MR) is 86.0 cm³/mol. The van der Waals surface area contributed by atoms with Gasteiger partial charge in [-0.25, -0.2) is 0 Å². The second-order valence-electron chi connectivity index (χ2n) is 5.12. The first-order valence-corrected chi connectivity index (χ1v) is 7.31. The molecular formula is C18H17NO4. The van der Waals surface area contributed by atoms with E-state index >= 15 is 0 Å². The van der Waals surface area contributed by atoms with Crippen LogP contribution in [0, 0.1) is 0 Å². The molecule has 5 nitrogen and oxygen atoms in total. The number of benzene rings is 2. The van der Waals surface area contributed by atoms with E-state index in [2.05, 4.69) is 5.32 Å². The van der Waals surface area contributed by atoms with Crippen molar-refractivity contribution in [1.29, 1.82) is 0 Å². The van der Waals surface area contributed by atoms with Gasteiger partial charge in [0.15, 0.2) is 11.5 Å². The van der Waals surface area contributed by atoms with Gasteiger partial charge in [0.2, 0.25) is 12.7 Å². The molecule has 1 aliphatic rings. The summed E-state index contributed by atoms with van der Waals surface area (Å²) in [5.41, 5.74) is 1.61. The normalized spacial score (nSPS) is 14.0. The fourth-order valence-electron chi connectivity index (χ4n) is 2.23. The first kappa shape index (κ1) is 15.1. The predicted octanol–water partition coefficient (Wildman–Crippen LogP) is 2.28. The van der Waals surface area contributed by atoms with Gasteiger partial charge in [0.05, 0.1) is 6.10 Å². The number of aliphatic hydroxyl groups excluding tert-OH is 1. The highest BCUT2D eigenvalue weighted by atomic mass is 16.7. The Morgan fingerprint density at radius 3 is 2.78 bits per heavy atom. The number of amides is 1. The summed E-state index contributed by atoms with van der Waals surface area (Å²) in [6, 6.07) is 14.8. The Morgan fingerprint density at radius 1 is 1.17 bits per heavy atom. The maximum Gasteiger partial charge on any atom is 0.244 e. The van der Waals surface area contributed by atoms with E-state index in [1.807, 2.05) is 30.3 Å². The fourth-order valence-corrected chi connectivity index (χ4v) is 2.23. The largest absolute Gasteiger partial charge is 0.454 e. The van der Waals surface area contributed by atoms with Crippen LogP contribution in [0.3, 0.4) is 0 Å². The highest BCUT2D eigenvalue weighted by Crippen LogP contribution is 2.34. The molecule has 1 heterocycles. The van der Waals surface area contributed by atoms with Gasteiger partial charge in [-0.1, -0.05) is 36.4 Å². The number of hydrogen-bond donors (Lipinski definition) is 2. The molecule has 2 aromatic carbocycles. The highest BCUT2D eigenvalue weighted by Gasteiger charge is 2.16. The molecule has 0 saturated heterocycles. The first-order valence-electron chi connectivity index (χ1n) is 7.31. The molecule has 0 aromatic heterocycles. The minimum Gasteiger partial charge on any atom is -0.454 e. The van der Waals surface area contributed by atoms with Gasteiger partial charge in [-0.05, 0) is 29.3 Å². The average Bonchev–Trinajstić information content (AvgIpc) is 3.06. The SMILES string of the molecule is O=C(/C=C/c1ccccc1)NC[C@@H](O)c1ccc2c(c1)OCO2. The summed E-state index contributed by atoms with van der Waals surface area (Å²) in [6.07, 6.45) is 2.36. The number of ether oxygens (including phenoxy) is 2. The summed E-state index contributed by atoms with van der Waals surface area (Å²) in [5.74, 6) is 1.02. The zero-order chi connectivity index (χ0) is 16.1. The van der Waals surface area contributed by atoms with E-state index in [1.54, 1.807) is 24.3 Å². The van der Waals surface area contributed by atoms with E-state index < -0.39 is 6.10 Å². The van der Waals surface area contributed by atoms with Crippen molar-refractivity contribution in [3.05, 3.63) is 65.7 Å². The Labute approximate surface area is 134 Å². The molecule has 0 fully saturated rings. The first-order chi connectivity index (χ1) is 11.2. The van der Waals surface area contributed by atoms with E-state index in [4.69, 9.17) is 9.47 Å². The molecule has 1 amide bonds. The Balaban J connectivity index is 1.53. The van der Waals surface area contributed by atoms with E-state index in [-0.39, 0.29) is 19.2 Å². The number of aliphatic hydroxyl groups is 1. The van der Waals surface area contributed by atoms with Crippen LogP contribution in [0.5, 0.6) is 11.5 Å². The Morgan fingerprint density at radius 2 is 1.96 bits per heavy atom. The molecule has 0 saturated carbocycles. The summed E-state index contributed by atoms with van der Waals surface area (Å²) in [4.78, 5) is 11.8. The van der Waals surface area contributed by atoms with Gasteiger partial charge >= 0.3 is 0 Å². The summed E-state index contributed by atoms with van der Waals surface area (Å²) in [7, 11) is 0. The third-order valence-electron chi connectivity index (χ3n) is 3.48. The smallest absolute Gasteiger partial charge is 0.244 e. The number of carbonyl (C=O) groups is 1. The van der Waals surface area contributed by atoms with Crippen LogP contribution in [0.2, 0.25) is 0 Å². The van der Waals surface area contributed by atoms with Gasteiger partial charge in [0, 0.05) is 12.6 Å². The van der Waals surface area contributed by atoms with Gasteiger partial charge < -0.3 is 19.9 Å². The van der Waals surface area contributed by atoms with Crippen molar-refractivity contribution in [1.82, 2.24) is 5.32 Å². The minimum absolute atomic E-state index is 0.123. The average molecular weight is 311 g/mol. The molecule has 0 radical (unpaired) electrons. The third-order valence-corrected chi connectivity index (χ3v) is 3.48. The molecule has 1 aliphatic heterocycles. The molecule has 2 aromatic rings. The van der Waals surface area contributed by atoms with Crippen molar-refractivity contribution in [2.75, 3.05) is 13.3 Å². The summed E-state index contributed by atoms with van der Waals surface area (Å²) >= 11 is 0. The van der Waals surface area contributed by atoms with Crippen molar-refractivity contribution in [3.8, 4) is 11.5 Å². The lowest BCUT2D eigenvalue weighted by atomic mass is 10.1. The van der Waals surface area contributed by atoms with Crippen molar-refractivity contribution in [3.63, 3.8) is 0 Å². The standard InChI is InChI=1S/C18H17NO4/c20-15(14-7-8-16-17(10-14)23-12-22-16)11-19-18(21)9-6-13-4-2-1-3-5-13/h1-10,15,20H,11-12H2,(H,19,21)/b9-6+/t15-/m1/s1. The number of hydrogen-bond acceptors (Lipinski definition) is 4. The molecule has 5 heteroatoms. The van der Waals surface area contributed by atoms with Crippen molar-refractivity contribution < 1.29 is 19.4 Å². The Kier molecular flexibility index (Phi) is 4.59. The van der Waals surface area contributed by atoms with Gasteiger partial charge in [0.25, 0.3) is 0 Å². The van der Waals surface area contributed by atoms with Crippen molar-refractivity contribution >= 4 is 12.0 Å². The van der Waals surface area contributed by atoms with Crippen LogP contribution < -0.4 is 14.8 Å². The van der Waals surface area contributed by atoms with Crippen molar-refractivity contribution in [2.24, 2.45) is 0 Å². The van der Waals surface area contributed by atoms with Gasteiger partial charge in [0.1, 0.15) is 0 Å². The number of rotatable bonds is 5. The number of carbonyl (C=O) groups excluding carboxylic acids is 1. The monoisotopic (exact) mass is 311 g/mol. The van der Waals surface area contributed by atoms with Gasteiger partial charge in [-0.3, -0.25) is 4.79 Å². The molecule has 0 bridgehead atoms. The molecule has 118 valence electrons. The Bertz CT molecular complexity index is 712. The molecule has 0 aliphatic carbocycles. The van der Waals surface area contributed by atoms with Crippen LogP contribution in [-0.2, 0) is 4.79 Å². The summed E-state index contributed by atoms with van der Waals surface area (Å²) < 4.78 is 10.5. The van der Waals surface area contributed by atoms with Crippen LogP contribution in [0.4, 0.5) is 0 Å². The van der Waals surface area contributed by atoms with E-state index in [9.17, 15) is 9.90 Å². The lowest BCUT2D eigenvalue weighted by Gasteiger charge is -2.12. The second-order valence-corrected chi connectivity index (χ2v) is 5.12. The molecule has 23 heavy (non-hydrogen) atoms. The number of nitrogens with one attached hydrogen (secondary N) is 1. The number of fused-ring (bicyclic) bond motifs is 1. The Hall–Kier alpha value is -2.79. The quantitative estimate of drug-likeness (QED) is 0.831. The fraction of sp³-hybridized carbons (Fsp3) is 0.167.